The van der Waals surface area contributed by atoms with E-state index in [9.17, 15) is 4.79 Å². The van der Waals surface area contributed by atoms with Crippen molar-refractivity contribution in [2.45, 2.75) is 37.9 Å². The summed E-state index contributed by atoms with van der Waals surface area (Å²) < 4.78 is 0. The second-order valence-electron chi connectivity index (χ2n) is 3.85. The van der Waals surface area contributed by atoms with Crippen LogP contribution >= 0.6 is 11.8 Å². The third kappa shape index (κ3) is 2.11. The summed E-state index contributed by atoms with van der Waals surface area (Å²) in [5, 5.41) is 5.52. The topological polar surface area (TPSA) is 43.5 Å². The molecule has 1 unspecified atom stereocenters. The van der Waals surface area contributed by atoms with Crippen molar-refractivity contribution < 1.29 is 4.79 Å². The van der Waals surface area contributed by atoms with Crippen LogP contribution in [0.1, 0.15) is 32.6 Å². The van der Waals surface area contributed by atoms with Crippen molar-refractivity contribution in [2.24, 2.45) is 10.9 Å². The SMILES string of the molecule is CCC1C[N]C(=NC(=O)C2CCC2)S1. The van der Waals surface area contributed by atoms with Crippen molar-refractivity contribution in [1.29, 1.82) is 0 Å². The molecule has 3 nitrogen and oxygen atoms in total. The lowest BCUT2D eigenvalue weighted by molar-refractivity contribution is -0.123. The van der Waals surface area contributed by atoms with Gasteiger partial charge in [0, 0.05) is 11.2 Å². The van der Waals surface area contributed by atoms with Crippen LogP contribution in [0, 0.1) is 5.92 Å². The Morgan fingerprint density at radius 3 is 2.93 bits per heavy atom. The summed E-state index contributed by atoms with van der Waals surface area (Å²) >= 11 is 1.65. The lowest BCUT2D eigenvalue weighted by Crippen LogP contribution is -2.21. The van der Waals surface area contributed by atoms with E-state index in [0.717, 1.165) is 25.8 Å². The quantitative estimate of drug-likeness (QED) is 0.699. The highest BCUT2D eigenvalue weighted by Crippen LogP contribution is 2.29. The fourth-order valence-corrected chi connectivity index (χ4v) is 2.42. The Morgan fingerprint density at radius 2 is 2.43 bits per heavy atom. The summed E-state index contributed by atoms with van der Waals surface area (Å²) in [5.41, 5.74) is 0. The van der Waals surface area contributed by atoms with Crippen LogP contribution in [-0.2, 0) is 4.79 Å². The highest BCUT2D eigenvalue weighted by atomic mass is 32.2. The van der Waals surface area contributed by atoms with Gasteiger partial charge in [0.2, 0.25) is 0 Å². The van der Waals surface area contributed by atoms with Crippen LogP contribution in [0.4, 0.5) is 0 Å². The molecule has 1 atom stereocenters. The molecule has 1 saturated heterocycles. The minimum Gasteiger partial charge on any atom is -0.272 e. The van der Waals surface area contributed by atoms with Gasteiger partial charge in [0.25, 0.3) is 5.91 Å². The Balaban J connectivity index is 1.88. The van der Waals surface area contributed by atoms with E-state index in [4.69, 9.17) is 0 Å². The number of carbonyl (C=O) groups is 1. The molecule has 1 radical (unpaired) electrons. The van der Waals surface area contributed by atoms with Gasteiger partial charge in [0.05, 0.1) is 6.54 Å². The number of aliphatic imine (C=N–C) groups is 1. The van der Waals surface area contributed by atoms with Gasteiger partial charge >= 0.3 is 0 Å². The molecule has 1 saturated carbocycles. The van der Waals surface area contributed by atoms with E-state index < -0.39 is 0 Å². The summed E-state index contributed by atoms with van der Waals surface area (Å²) in [6, 6.07) is 0. The highest BCUT2D eigenvalue weighted by Gasteiger charge is 2.27. The van der Waals surface area contributed by atoms with Gasteiger partial charge in [-0.05, 0) is 19.3 Å². The maximum Gasteiger partial charge on any atom is 0.251 e. The van der Waals surface area contributed by atoms with Crippen LogP contribution in [-0.4, -0.2) is 22.9 Å². The summed E-state index contributed by atoms with van der Waals surface area (Å²) in [7, 11) is 0. The zero-order valence-corrected chi connectivity index (χ0v) is 9.22. The number of amides is 1. The molecule has 77 valence electrons. The molecule has 1 aliphatic carbocycles. The molecule has 0 spiro atoms. The predicted molar refractivity (Wildman–Crippen MR) is 58.5 cm³/mol. The van der Waals surface area contributed by atoms with Crippen molar-refractivity contribution in [1.82, 2.24) is 5.32 Å². The minimum atomic E-state index is 0.0549. The van der Waals surface area contributed by atoms with E-state index in [0.29, 0.717) is 10.4 Å². The molecule has 1 amide bonds. The monoisotopic (exact) mass is 211 g/mol. The third-order valence-corrected chi connectivity index (χ3v) is 4.06. The molecule has 0 aromatic heterocycles. The lowest BCUT2D eigenvalue weighted by atomic mass is 9.85. The number of amidine groups is 1. The van der Waals surface area contributed by atoms with E-state index in [2.05, 4.69) is 17.2 Å². The van der Waals surface area contributed by atoms with Crippen molar-refractivity contribution in [3.63, 3.8) is 0 Å². The molecule has 2 rings (SSSR count). The van der Waals surface area contributed by atoms with Crippen LogP contribution in [0.15, 0.2) is 4.99 Å². The summed E-state index contributed by atoms with van der Waals surface area (Å²) in [4.78, 5) is 15.6. The van der Waals surface area contributed by atoms with E-state index in [1.807, 2.05) is 0 Å². The maximum atomic E-state index is 11.5. The van der Waals surface area contributed by atoms with Crippen molar-refractivity contribution in [2.75, 3.05) is 6.54 Å². The first-order chi connectivity index (χ1) is 6.79. The molecule has 0 aromatic carbocycles. The molecule has 1 aliphatic heterocycles. The average Bonchev–Trinajstić information content (AvgIpc) is 2.48. The molecule has 4 heteroatoms. The van der Waals surface area contributed by atoms with Gasteiger partial charge in [-0.1, -0.05) is 25.1 Å². The van der Waals surface area contributed by atoms with E-state index >= 15 is 0 Å². The second kappa shape index (κ2) is 4.34. The molecule has 1 heterocycles. The van der Waals surface area contributed by atoms with Gasteiger partial charge in [-0.3, -0.25) is 10.1 Å². The van der Waals surface area contributed by atoms with Crippen molar-refractivity contribution >= 4 is 22.8 Å². The Kier molecular flexibility index (Phi) is 3.11. The van der Waals surface area contributed by atoms with Crippen LogP contribution in [0.2, 0.25) is 0 Å². The maximum absolute atomic E-state index is 11.5. The first kappa shape index (κ1) is 10.0. The molecular weight excluding hydrogens is 196 g/mol. The fraction of sp³-hybridized carbons (Fsp3) is 0.800. The highest BCUT2D eigenvalue weighted by molar-refractivity contribution is 8.14. The third-order valence-electron chi connectivity index (χ3n) is 2.82. The van der Waals surface area contributed by atoms with Gasteiger partial charge < -0.3 is 0 Å². The van der Waals surface area contributed by atoms with Gasteiger partial charge in [0.15, 0.2) is 5.17 Å². The van der Waals surface area contributed by atoms with E-state index in [1.54, 1.807) is 11.8 Å². The number of hydrogen-bond donors (Lipinski definition) is 0. The fourth-order valence-electron chi connectivity index (χ4n) is 1.52. The van der Waals surface area contributed by atoms with Crippen LogP contribution in [0.5, 0.6) is 0 Å². The largest absolute Gasteiger partial charge is 0.272 e. The van der Waals surface area contributed by atoms with Crippen molar-refractivity contribution in [3.8, 4) is 0 Å². The number of nitrogens with zero attached hydrogens (tertiary/aromatic N) is 2. The van der Waals surface area contributed by atoms with E-state index in [1.165, 1.54) is 6.42 Å². The Labute approximate surface area is 88.7 Å². The molecule has 0 aromatic rings. The summed E-state index contributed by atoms with van der Waals surface area (Å²) in [5.74, 6) is 0.262. The molecule has 2 aliphatic rings. The lowest BCUT2D eigenvalue weighted by Gasteiger charge is -2.21. The van der Waals surface area contributed by atoms with Crippen LogP contribution in [0.25, 0.3) is 0 Å². The van der Waals surface area contributed by atoms with Crippen molar-refractivity contribution in [3.05, 3.63) is 0 Å². The van der Waals surface area contributed by atoms with Gasteiger partial charge in [-0.25, -0.2) is 0 Å². The zero-order chi connectivity index (χ0) is 9.97. The summed E-state index contributed by atoms with van der Waals surface area (Å²) in [6.45, 7) is 2.97. The molecule has 2 fully saturated rings. The number of rotatable bonds is 2. The molecule has 0 N–H and O–H groups in total. The van der Waals surface area contributed by atoms with Crippen LogP contribution < -0.4 is 5.32 Å². The Hall–Kier alpha value is -0.510. The Morgan fingerprint density at radius 1 is 1.64 bits per heavy atom. The zero-order valence-electron chi connectivity index (χ0n) is 8.40. The number of hydrogen-bond acceptors (Lipinski definition) is 2. The smallest absolute Gasteiger partial charge is 0.251 e. The van der Waals surface area contributed by atoms with Crippen LogP contribution in [0.3, 0.4) is 0 Å². The second-order valence-corrected chi connectivity index (χ2v) is 5.12. The first-order valence-corrected chi connectivity index (χ1v) is 6.14. The molecular formula is C10H15N2OS. The normalized spacial score (nSPS) is 30.1. The first-order valence-electron chi connectivity index (χ1n) is 5.26. The number of carbonyl (C=O) groups excluding carboxylic acids is 1. The van der Waals surface area contributed by atoms with E-state index in [-0.39, 0.29) is 11.8 Å². The Bertz CT molecular complexity index is 261. The summed E-state index contributed by atoms with van der Waals surface area (Å²) in [6.07, 6.45) is 4.34. The minimum absolute atomic E-state index is 0.0549. The van der Waals surface area contributed by atoms with Gasteiger partial charge in [0.1, 0.15) is 0 Å². The standard InChI is InChI=1S/C10H15N2OS/c1-2-8-6-11-10(14-8)12-9(13)7-4-3-5-7/h7-8H,2-6H2,1H3. The van der Waals surface area contributed by atoms with Gasteiger partial charge in [-0.15, -0.1) is 0 Å². The molecule has 0 bridgehead atoms. The average molecular weight is 211 g/mol. The molecule has 14 heavy (non-hydrogen) atoms. The number of thioether (sulfide) groups is 1. The van der Waals surface area contributed by atoms with Gasteiger partial charge in [-0.2, -0.15) is 4.99 Å². The predicted octanol–water partition coefficient (Wildman–Crippen LogP) is 1.80.